The van der Waals surface area contributed by atoms with Gasteiger partial charge >= 0.3 is 0 Å². The molecule has 2 aliphatic heterocycles. The van der Waals surface area contributed by atoms with Crippen LogP contribution in [-0.2, 0) is 29.5 Å². The van der Waals surface area contributed by atoms with E-state index < -0.39 is 0 Å². The number of ether oxygens (including phenoxy) is 1. The Morgan fingerprint density at radius 3 is 2.56 bits per heavy atom. The Bertz CT molecular complexity index is 1490. The number of carbonyl (C=O) groups is 1. The number of carbonyl (C=O) groups excluding carboxylic acids is 1. The molecule has 1 aromatic carbocycles. The Hall–Kier alpha value is -3.41. The third-order valence-electron chi connectivity index (χ3n) is 8.04. The van der Waals surface area contributed by atoms with Gasteiger partial charge in [0.15, 0.2) is 17.0 Å². The van der Waals surface area contributed by atoms with Crippen molar-refractivity contribution in [1.82, 2.24) is 38.9 Å². The van der Waals surface area contributed by atoms with Gasteiger partial charge in [-0.2, -0.15) is 9.97 Å². The van der Waals surface area contributed by atoms with Crippen LogP contribution in [0.4, 0.5) is 5.82 Å². The molecule has 11 heteroatoms. The highest BCUT2D eigenvalue weighted by Gasteiger charge is 2.30. The van der Waals surface area contributed by atoms with E-state index in [4.69, 9.17) is 24.7 Å². The third-order valence-corrected chi connectivity index (χ3v) is 8.04. The Labute approximate surface area is 228 Å². The van der Waals surface area contributed by atoms with E-state index in [0.29, 0.717) is 31.7 Å². The summed E-state index contributed by atoms with van der Waals surface area (Å²) in [6.45, 7) is 12.3. The summed E-state index contributed by atoms with van der Waals surface area (Å²) < 4.78 is 9.77. The number of morpholine rings is 1. The molecule has 0 saturated carbocycles. The van der Waals surface area contributed by atoms with Crippen LogP contribution in [0, 0.1) is 0 Å². The zero-order valence-electron chi connectivity index (χ0n) is 23.2. The average Bonchev–Trinajstić information content (AvgIpc) is 3.50. The molecular formula is C28H37N9O2. The van der Waals surface area contributed by atoms with Crippen molar-refractivity contribution in [3.8, 4) is 5.95 Å². The molecule has 3 aromatic heterocycles. The summed E-state index contributed by atoms with van der Waals surface area (Å²) in [5.74, 6) is 3.21. The number of piperazine rings is 1. The SMILES string of the molecule is CCc1nc2ccccc2n1-c1nc(N2CCOCC2)c2nc(CN3CCN(C(C)C)CC3C=O)n(C)c2n1. The van der Waals surface area contributed by atoms with Crippen LogP contribution >= 0.6 is 0 Å². The molecule has 0 radical (unpaired) electrons. The molecule has 39 heavy (non-hydrogen) atoms. The minimum Gasteiger partial charge on any atom is -0.378 e. The zero-order valence-corrected chi connectivity index (χ0v) is 23.2. The van der Waals surface area contributed by atoms with E-state index in [0.717, 1.165) is 85.1 Å². The highest BCUT2D eigenvalue weighted by atomic mass is 16.5. The maximum absolute atomic E-state index is 12.0. The van der Waals surface area contributed by atoms with Gasteiger partial charge in [-0.25, -0.2) is 9.97 Å². The van der Waals surface area contributed by atoms with Crippen LogP contribution in [-0.4, -0.2) is 103 Å². The maximum atomic E-state index is 12.0. The predicted octanol–water partition coefficient (Wildman–Crippen LogP) is 2.19. The van der Waals surface area contributed by atoms with E-state index in [2.05, 4.69) is 50.7 Å². The highest BCUT2D eigenvalue weighted by molar-refractivity contribution is 5.86. The monoisotopic (exact) mass is 531 g/mol. The van der Waals surface area contributed by atoms with E-state index >= 15 is 0 Å². The number of para-hydroxylation sites is 2. The maximum Gasteiger partial charge on any atom is 0.239 e. The first-order chi connectivity index (χ1) is 19.0. The molecule has 6 rings (SSSR count). The van der Waals surface area contributed by atoms with Crippen LogP contribution in [0.5, 0.6) is 0 Å². The predicted molar refractivity (Wildman–Crippen MR) is 150 cm³/mol. The van der Waals surface area contributed by atoms with Crippen molar-refractivity contribution >= 4 is 34.3 Å². The molecule has 5 heterocycles. The quantitative estimate of drug-likeness (QED) is 0.333. The molecular weight excluding hydrogens is 494 g/mol. The van der Waals surface area contributed by atoms with Gasteiger partial charge < -0.3 is 19.0 Å². The van der Waals surface area contributed by atoms with Crippen LogP contribution in [0.1, 0.15) is 32.4 Å². The minimum atomic E-state index is -0.161. The Morgan fingerprint density at radius 2 is 1.82 bits per heavy atom. The van der Waals surface area contributed by atoms with E-state index in [-0.39, 0.29) is 6.04 Å². The number of fused-ring (bicyclic) bond motifs is 2. The second kappa shape index (κ2) is 10.6. The number of benzene rings is 1. The number of anilines is 1. The Kier molecular flexibility index (Phi) is 7.05. The van der Waals surface area contributed by atoms with E-state index in [9.17, 15) is 4.79 Å². The lowest BCUT2D eigenvalue weighted by molar-refractivity contribution is -0.115. The van der Waals surface area contributed by atoms with Gasteiger partial charge in [-0.05, 0) is 26.0 Å². The number of nitrogens with zero attached hydrogens (tertiary/aromatic N) is 9. The molecule has 1 unspecified atom stereocenters. The molecule has 4 aromatic rings. The van der Waals surface area contributed by atoms with Gasteiger partial charge in [0.1, 0.15) is 17.9 Å². The first kappa shape index (κ1) is 25.8. The van der Waals surface area contributed by atoms with Crippen molar-refractivity contribution in [2.45, 2.75) is 45.8 Å². The lowest BCUT2D eigenvalue weighted by Crippen LogP contribution is -2.55. The van der Waals surface area contributed by atoms with Crippen molar-refractivity contribution < 1.29 is 9.53 Å². The largest absolute Gasteiger partial charge is 0.378 e. The summed E-state index contributed by atoms with van der Waals surface area (Å²) in [5, 5.41) is 0. The molecule has 2 aliphatic rings. The average molecular weight is 532 g/mol. The zero-order chi connectivity index (χ0) is 27.1. The van der Waals surface area contributed by atoms with Gasteiger partial charge in [-0.3, -0.25) is 14.4 Å². The standard InChI is InChI=1S/C28H37N9O2/c1-5-23-29-21-8-6-7-9-22(21)37(23)28-31-26-25(27(32-28)34-12-14-39-15-13-34)30-24(33(26)4)17-36-11-10-35(19(2)3)16-20(36)18-38/h6-9,18-20H,5,10-17H2,1-4H3. The fraction of sp³-hybridized carbons (Fsp3) is 0.536. The van der Waals surface area contributed by atoms with Crippen molar-refractivity contribution in [3.63, 3.8) is 0 Å². The van der Waals surface area contributed by atoms with Crippen LogP contribution < -0.4 is 4.90 Å². The lowest BCUT2D eigenvalue weighted by atomic mass is 10.1. The van der Waals surface area contributed by atoms with Crippen LogP contribution in [0.15, 0.2) is 24.3 Å². The minimum absolute atomic E-state index is 0.161. The Balaban J connectivity index is 1.45. The molecule has 0 amide bonds. The second-order valence-electron chi connectivity index (χ2n) is 10.7. The van der Waals surface area contributed by atoms with Gasteiger partial charge in [0, 0.05) is 52.2 Å². The summed E-state index contributed by atoms with van der Waals surface area (Å²) in [4.78, 5) is 39.0. The van der Waals surface area contributed by atoms with Crippen molar-refractivity contribution in [2.24, 2.45) is 7.05 Å². The first-order valence-corrected chi connectivity index (χ1v) is 13.9. The highest BCUT2D eigenvalue weighted by Crippen LogP contribution is 2.29. The number of imidazole rings is 2. The summed E-state index contributed by atoms with van der Waals surface area (Å²) in [7, 11) is 2.01. The normalized spacial score (nSPS) is 19.5. The number of hydrogen-bond acceptors (Lipinski definition) is 9. The smallest absolute Gasteiger partial charge is 0.239 e. The molecule has 2 saturated heterocycles. The van der Waals surface area contributed by atoms with Gasteiger partial charge in [-0.15, -0.1) is 0 Å². The number of hydrogen-bond donors (Lipinski definition) is 0. The summed E-state index contributed by atoms with van der Waals surface area (Å²) >= 11 is 0. The number of aldehydes is 1. The van der Waals surface area contributed by atoms with Gasteiger partial charge in [0.25, 0.3) is 0 Å². The number of rotatable bonds is 7. The van der Waals surface area contributed by atoms with Gasteiger partial charge in [0.05, 0.1) is 36.8 Å². The van der Waals surface area contributed by atoms with Crippen LogP contribution in [0.3, 0.4) is 0 Å². The van der Waals surface area contributed by atoms with Crippen molar-refractivity contribution in [1.29, 1.82) is 0 Å². The third kappa shape index (κ3) is 4.68. The van der Waals surface area contributed by atoms with Crippen LogP contribution in [0.25, 0.3) is 28.1 Å². The van der Waals surface area contributed by atoms with Gasteiger partial charge in [-0.1, -0.05) is 19.1 Å². The first-order valence-electron chi connectivity index (χ1n) is 13.9. The number of aromatic nitrogens is 6. The lowest BCUT2D eigenvalue weighted by Gasteiger charge is -2.40. The summed E-state index contributed by atoms with van der Waals surface area (Å²) in [5.41, 5.74) is 3.47. The molecule has 0 N–H and O–H groups in total. The molecule has 11 nitrogen and oxygen atoms in total. The van der Waals surface area contributed by atoms with E-state index in [1.165, 1.54) is 0 Å². The van der Waals surface area contributed by atoms with Crippen molar-refractivity contribution in [2.75, 3.05) is 50.8 Å². The van der Waals surface area contributed by atoms with Gasteiger partial charge in [0.2, 0.25) is 5.95 Å². The second-order valence-corrected chi connectivity index (χ2v) is 10.7. The molecule has 0 aliphatic carbocycles. The topological polar surface area (TPSA) is 97.4 Å². The molecule has 206 valence electrons. The van der Waals surface area contributed by atoms with E-state index in [1.54, 1.807) is 0 Å². The molecule has 2 fully saturated rings. The number of aryl methyl sites for hydroxylation is 2. The summed E-state index contributed by atoms with van der Waals surface area (Å²) in [6, 6.07) is 8.37. The fourth-order valence-electron chi connectivity index (χ4n) is 5.70. The van der Waals surface area contributed by atoms with Crippen LogP contribution in [0.2, 0.25) is 0 Å². The van der Waals surface area contributed by atoms with Crippen molar-refractivity contribution in [3.05, 3.63) is 35.9 Å². The van der Waals surface area contributed by atoms with E-state index in [1.807, 2.05) is 25.2 Å². The summed E-state index contributed by atoms with van der Waals surface area (Å²) in [6.07, 6.45) is 1.83. The fourth-order valence-corrected chi connectivity index (χ4v) is 5.70. The molecule has 0 spiro atoms. The molecule has 1 atom stereocenters. The molecule has 0 bridgehead atoms. The Morgan fingerprint density at radius 1 is 1.03 bits per heavy atom.